The Morgan fingerprint density at radius 1 is 1.27 bits per heavy atom. The highest BCUT2D eigenvalue weighted by Gasteiger charge is 2.40. The maximum atomic E-state index is 14.6. The first-order valence-corrected chi connectivity index (χ1v) is 10.6. The molecule has 178 valence electrons. The quantitative estimate of drug-likeness (QED) is 0.422. The number of ether oxygens (including phenoxy) is 1. The molecule has 3 rings (SSSR count). The molecule has 1 atom stereocenters. The van der Waals surface area contributed by atoms with Gasteiger partial charge in [-0.25, -0.2) is 13.2 Å². The van der Waals surface area contributed by atoms with Crippen molar-refractivity contribution in [2.45, 2.75) is 44.6 Å². The monoisotopic (exact) mass is 511 g/mol. The molecule has 33 heavy (non-hydrogen) atoms. The van der Waals surface area contributed by atoms with Gasteiger partial charge in [-0.3, -0.25) is 4.79 Å². The minimum absolute atomic E-state index is 0.0480. The van der Waals surface area contributed by atoms with Crippen LogP contribution in [0.2, 0.25) is 0 Å². The molecule has 1 unspecified atom stereocenters. The van der Waals surface area contributed by atoms with Gasteiger partial charge in [0.2, 0.25) is 0 Å². The van der Waals surface area contributed by atoms with Crippen molar-refractivity contribution in [2.75, 3.05) is 0 Å². The van der Waals surface area contributed by atoms with E-state index >= 15 is 0 Å². The van der Waals surface area contributed by atoms with Crippen molar-refractivity contribution in [3.8, 4) is 5.75 Å². The number of aryl methyl sites for hydroxylation is 1. The fourth-order valence-electron chi connectivity index (χ4n) is 3.22. The number of hydrogen-bond donors (Lipinski definition) is 1. The Morgan fingerprint density at radius 3 is 2.45 bits per heavy atom. The van der Waals surface area contributed by atoms with Crippen LogP contribution in [-0.2, 0) is 24.0 Å². The Kier molecular flexibility index (Phi) is 7.13. The molecule has 1 aliphatic carbocycles. The highest BCUT2D eigenvalue weighted by Crippen LogP contribution is 2.44. The molecule has 1 aromatic heterocycles. The number of alkyl halides is 4. The van der Waals surface area contributed by atoms with Crippen molar-refractivity contribution in [3.63, 3.8) is 0 Å². The molecule has 1 aliphatic rings. The zero-order chi connectivity index (χ0) is 24.6. The van der Waals surface area contributed by atoms with E-state index in [4.69, 9.17) is 21.4 Å². The average Bonchev–Trinajstić information content (AvgIpc) is 3.12. The summed E-state index contributed by atoms with van der Waals surface area (Å²) in [6.45, 7) is 0.281. The highest BCUT2D eigenvalue weighted by atomic mass is 35.5. The molecule has 0 aliphatic heterocycles. The number of carboxylic acids is 1. The van der Waals surface area contributed by atoms with Crippen LogP contribution in [0.1, 0.15) is 41.5 Å². The van der Waals surface area contributed by atoms with Crippen molar-refractivity contribution in [2.24, 2.45) is 0 Å². The number of benzene rings is 1. The minimum atomic E-state index is -4.83. The van der Waals surface area contributed by atoms with Crippen molar-refractivity contribution >= 4 is 34.7 Å². The Labute approximate surface area is 193 Å². The average molecular weight is 512 g/mol. The summed E-state index contributed by atoms with van der Waals surface area (Å²) in [5, 5.41) is 8.56. The van der Waals surface area contributed by atoms with Crippen LogP contribution < -0.4 is 4.74 Å². The SMILES string of the molecule is CC1(F)CC(c2nsc(C(F)(F)F)c2COc2c(F)cc(CCC(=O)O)cc2F)=CC=C1Cl. The van der Waals surface area contributed by atoms with Crippen LogP contribution in [0.25, 0.3) is 5.57 Å². The number of aromatic nitrogens is 1. The number of carboxylic acid groups (broad SMARTS) is 1. The van der Waals surface area contributed by atoms with Gasteiger partial charge in [-0.1, -0.05) is 17.7 Å². The van der Waals surface area contributed by atoms with Gasteiger partial charge >= 0.3 is 12.1 Å². The van der Waals surface area contributed by atoms with E-state index in [2.05, 4.69) is 4.37 Å². The number of allylic oxidation sites excluding steroid dienone is 4. The number of nitrogens with zero attached hydrogens (tertiary/aromatic N) is 1. The van der Waals surface area contributed by atoms with E-state index in [1.165, 1.54) is 19.1 Å². The van der Waals surface area contributed by atoms with Gasteiger partial charge in [0.05, 0.1) is 10.7 Å². The Morgan fingerprint density at radius 2 is 1.91 bits per heavy atom. The molecule has 12 heteroatoms. The van der Waals surface area contributed by atoms with Crippen LogP contribution >= 0.6 is 23.1 Å². The highest BCUT2D eigenvalue weighted by molar-refractivity contribution is 7.06. The van der Waals surface area contributed by atoms with Gasteiger partial charge in [0.15, 0.2) is 17.4 Å². The van der Waals surface area contributed by atoms with E-state index in [1.807, 2.05) is 0 Å². The summed E-state index contributed by atoms with van der Waals surface area (Å²) in [5.74, 6) is -4.48. The fourth-order valence-corrected chi connectivity index (χ4v) is 4.13. The van der Waals surface area contributed by atoms with E-state index in [1.54, 1.807) is 0 Å². The second-order valence-corrected chi connectivity index (χ2v) is 8.67. The van der Waals surface area contributed by atoms with Crippen LogP contribution in [0.15, 0.2) is 29.3 Å². The number of rotatable bonds is 7. The molecule has 0 saturated carbocycles. The van der Waals surface area contributed by atoms with E-state index in [-0.39, 0.29) is 52.7 Å². The zero-order valence-corrected chi connectivity index (χ0v) is 18.5. The van der Waals surface area contributed by atoms with Crippen molar-refractivity contribution in [3.05, 3.63) is 62.6 Å². The summed E-state index contributed by atoms with van der Waals surface area (Å²) in [6, 6.07) is 1.70. The van der Waals surface area contributed by atoms with Crippen LogP contribution in [0.4, 0.5) is 26.3 Å². The Bertz CT molecular complexity index is 1120. The zero-order valence-electron chi connectivity index (χ0n) is 16.9. The maximum Gasteiger partial charge on any atom is 0.427 e. The smallest absolute Gasteiger partial charge is 0.427 e. The second kappa shape index (κ2) is 9.38. The molecule has 0 saturated heterocycles. The lowest BCUT2D eigenvalue weighted by atomic mass is 9.89. The van der Waals surface area contributed by atoms with E-state index < -0.39 is 52.2 Å². The molecule has 2 aromatic rings. The maximum absolute atomic E-state index is 14.6. The summed E-state index contributed by atoms with van der Waals surface area (Å²) >= 11 is 5.93. The third-order valence-corrected chi connectivity index (χ3v) is 6.30. The molecule has 1 heterocycles. The van der Waals surface area contributed by atoms with Crippen LogP contribution in [0.5, 0.6) is 5.75 Å². The molecular formula is C21H16ClF6NO3S. The Balaban J connectivity index is 1.93. The molecule has 0 spiro atoms. The third-order valence-electron chi connectivity index (χ3n) is 4.85. The van der Waals surface area contributed by atoms with Crippen LogP contribution in [0, 0.1) is 11.6 Å². The molecule has 0 amide bonds. The van der Waals surface area contributed by atoms with Gasteiger partial charge in [-0.05, 0) is 54.2 Å². The first-order chi connectivity index (χ1) is 15.3. The van der Waals surface area contributed by atoms with E-state index in [0.29, 0.717) is 0 Å². The number of halogens is 7. The second-order valence-electron chi connectivity index (χ2n) is 7.49. The summed E-state index contributed by atoms with van der Waals surface area (Å²) in [5.41, 5.74) is -2.53. The van der Waals surface area contributed by atoms with Gasteiger partial charge in [0.1, 0.15) is 17.2 Å². The molecule has 1 aromatic carbocycles. The Hall–Kier alpha value is -2.53. The largest absolute Gasteiger partial charge is 0.483 e. The predicted molar refractivity (Wildman–Crippen MR) is 110 cm³/mol. The lowest BCUT2D eigenvalue weighted by Crippen LogP contribution is -2.21. The van der Waals surface area contributed by atoms with Crippen LogP contribution in [-0.4, -0.2) is 21.1 Å². The summed E-state index contributed by atoms with van der Waals surface area (Å²) in [6.07, 6.45) is -3.13. The van der Waals surface area contributed by atoms with Crippen molar-refractivity contribution in [1.82, 2.24) is 4.37 Å². The summed E-state index contributed by atoms with van der Waals surface area (Å²) in [7, 11) is 0. The number of carbonyl (C=O) groups is 1. The molecule has 1 N–H and O–H groups in total. The summed E-state index contributed by atoms with van der Waals surface area (Å²) < 4.78 is 92.8. The van der Waals surface area contributed by atoms with Gasteiger partial charge < -0.3 is 9.84 Å². The lowest BCUT2D eigenvalue weighted by molar-refractivity contribution is -0.137. The summed E-state index contributed by atoms with van der Waals surface area (Å²) in [4.78, 5) is 9.49. The number of hydrogen-bond acceptors (Lipinski definition) is 4. The number of aliphatic carboxylic acids is 1. The van der Waals surface area contributed by atoms with Crippen molar-refractivity contribution in [1.29, 1.82) is 0 Å². The first kappa shape index (κ1) is 25.1. The normalized spacial score (nSPS) is 18.7. The molecule has 0 radical (unpaired) electrons. The fraction of sp³-hybridized carbons (Fsp3) is 0.333. The molecular weight excluding hydrogens is 496 g/mol. The van der Waals surface area contributed by atoms with Gasteiger partial charge in [-0.15, -0.1) is 0 Å². The standard InChI is InChI=1S/C21H16ClF6NO3S/c1-20(25)8-11(3-4-15(20)22)17-12(19(33-29-17)21(26,27)28)9-32-18-13(23)6-10(7-14(18)24)2-5-16(30)31/h3-4,6-7H,2,5,8-9H2,1H3,(H,30,31). The predicted octanol–water partition coefficient (Wildman–Crippen LogP) is 6.67. The lowest BCUT2D eigenvalue weighted by Gasteiger charge is -2.24. The topological polar surface area (TPSA) is 59.4 Å². The third kappa shape index (κ3) is 5.70. The van der Waals surface area contributed by atoms with Crippen molar-refractivity contribution < 1.29 is 41.0 Å². The minimum Gasteiger partial charge on any atom is -0.483 e. The van der Waals surface area contributed by atoms with Gasteiger partial charge in [0.25, 0.3) is 0 Å². The van der Waals surface area contributed by atoms with E-state index in [9.17, 15) is 31.1 Å². The van der Waals surface area contributed by atoms with Gasteiger partial charge in [-0.2, -0.15) is 17.5 Å². The van der Waals surface area contributed by atoms with E-state index in [0.717, 1.165) is 12.1 Å². The van der Waals surface area contributed by atoms with Crippen LogP contribution in [0.3, 0.4) is 0 Å². The molecule has 0 bridgehead atoms. The van der Waals surface area contributed by atoms with Gasteiger partial charge in [0, 0.05) is 18.4 Å². The molecule has 0 fully saturated rings. The first-order valence-electron chi connectivity index (χ1n) is 9.44. The molecule has 4 nitrogen and oxygen atoms in total.